The van der Waals surface area contributed by atoms with Crippen molar-refractivity contribution < 1.29 is 0 Å². The molecule has 0 nitrogen and oxygen atoms in total. The molecule has 0 bridgehead atoms. The van der Waals surface area contributed by atoms with Gasteiger partial charge in [-0.25, -0.2) is 0 Å². The molecule has 0 radical (unpaired) electrons. The van der Waals surface area contributed by atoms with E-state index in [2.05, 4.69) is 39.3 Å². The van der Waals surface area contributed by atoms with Crippen LogP contribution in [-0.2, 0) is 0 Å². The molecule has 62 valence electrons. The van der Waals surface area contributed by atoms with Gasteiger partial charge in [0, 0.05) is 0 Å². The smallest absolute Gasteiger partial charge is 0.0208 e. The first-order chi connectivity index (χ1) is 4.63. The minimum Gasteiger partial charge on any atom is -0.137 e. The van der Waals surface area contributed by atoms with Gasteiger partial charge in [0.2, 0.25) is 0 Å². The molecule has 0 aliphatic heterocycles. The summed E-state index contributed by atoms with van der Waals surface area (Å²) in [5, 5.41) is 0. The van der Waals surface area contributed by atoms with Crippen LogP contribution in [0.4, 0.5) is 0 Å². The molecule has 0 aliphatic carbocycles. The standard InChI is InChI=1S/C8H20P2/c1-4-8(5-2,6-9)7(3)10/h7H,4-6,9-10H2,1-3H3. The van der Waals surface area contributed by atoms with Crippen molar-refractivity contribution in [2.45, 2.75) is 39.3 Å². The lowest BCUT2D eigenvalue weighted by atomic mass is 9.81. The van der Waals surface area contributed by atoms with Crippen molar-refractivity contribution in [1.82, 2.24) is 0 Å². The van der Waals surface area contributed by atoms with E-state index in [4.69, 9.17) is 0 Å². The summed E-state index contributed by atoms with van der Waals surface area (Å²) in [6.07, 6.45) is 3.81. The van der Waals surface area contributed by atoms with Gasteiger partial charge < -0.3 is 0 Å². The van der Waals surface area contributed by atoms with E-state index >= 15 is 0 Å². The molecule has 0 heterocycles. The normalized spacial score (nSPS) is 15.3. The first-order valence-corrected chi connectivity index (χ1v) is 5.57. The fraction of sp³-hybridized carbons (Fsp3) is 1.00. The van der Waals surface area contributed by atoms with Crippen LogP contribution in [0, 0.1) is 5.41 Å². The average molecular weight is 178 g/mol. The Bertz CT molecular complexity index is 77.0. The van der Waals surface area contributed by atoms with Gasteiger partial charge in [-0.05, 0) is 30.1 Å². The highest BCUT2D eigenvalue weighted by molar-refractivity contribution is 7.18. The Balaban J connectivity index is 4.15. The van der Waals surface area contributed by atoms with Crippen LogP contribution in [0.2, 0.25) is 0 Å². The van der Waals surface area contributed by atoms with Gasteiger partial charge >= 0.3 is 0 Å². The van der Waals surface area contributed by atoms with Crippen molar-refractivity contribution in [2.24, 2.45) is 5.41 Å². The number of hydrogen-bond acceptors (Lipinski definition) is 0. The van der Waals surface area contributed by atoms with Crippen LogP contribution in [0.25, 0.3) is 0 Å². The van der Waals surface area contributed by atoms with Gasteiger partial charge in [-0.2, -0.15) is 0 Å². The molecule has 0 aromatic rings. The molecule has 0 aromatic heterocycles. The summed E-state index contributed by atoms with van der Waals surface area (Å²) in [5.41, 5.74) is 1.29. The molecule has 0 spiro atoms. The maximum atomic E-state index is 2.92. The summed E-state index contributed by atoms with van der Waals surface area (Å²) < 4.78 is 0. The average Bonchev–Trinajstić information content (AvgIpc) is 1.92. The van der Waals surface area contributed by atoms with Crippen molar-refractivity contribution >= 4 is 18.5 Å². The predicted molar refractivity (Wildman–Crippen MR) is 56.8 cm³/mol. The second kappa shape index (κ2) is 4.68. The summed E-state index contributed by atoms with van der Waals surface area (Å²) in [5.74, 6) is 0. The molecular weight excluding hydrogens is 158 g/mol. The van der Waals surface area contributed by atoms with Crippen molar-refractivity contribution in [2.75, 3.05) is 6.16 Å². The van der Waals surface area contributed by atoms with Crippen molar-refractivity contribution in [3.05, 3.63) is 0 Å². The van der Waals surface area contributed by atoms with E-state index in [0.29, 0.717) is 5.41 Å². The molecule has 3 unspecified atom stereocenters. The van der Waals surface area contributed by atoms with E-state index in [9.17, 15) is 0 Å². The molecule has 0 saturated carbocycles. The van der Waals surface area contributed by atoms with Crippen LogP contribution in [0.5, 0.6) is 0 Å². The highest BCUT2D eigenvalue weighted by Gasteiger charge is 2.27. The first-order valence-electron chi connectivity index (χ1n) is 4.08. The van der Waals surface area contributed by atoms with Crippen LogP contribution in [0.3, 0.4) is 0 Å². The molecule has 3 atom stereocenters. The Labute approximate surface area is 70.0 Å². The zero-order chi connectivity index (χ0) is 8.20. The lowest BCUT2D eigenvalue weighted by Gasteiger charge is -2.34. The van der Waals surface area contributed by atoms with Crippen LogP contribution < -0.4 is 0 Å². The summed E-state index contributed by atoms with van der Waals surface area (Å²) in [7, 11) is 5.79. The third-order valence-electron chi connectivity index (χ3n) is 2.78. The minimum atomic E-state index is 0.551. The van der Waals surface area contributed by atoms with Crippen LogP contribution in [0.15, 0.2) is 0 Å². The van der Waals surface area contributed by atoms with Gasteiger partial charge in [0.05, 0.1) is 0 Å². The zero-order valence-corrected chi connectivity index (χ0v) is 9.66. The highest BCUT2D eigenvalue weighted by atomic mass is 31.0. The molecule has 0 amide bonds. The highest BCUT2D eigenvalue weighted by Crippen LogP contribution is 2.36. The first kappa shape index (κ1) is 10.9. The second-order valence-corrected chi connectivity index (χ2v) is 4.47. The van der Waals surface area contributed by atoms with Crippen LogP contribution in [-0.4, -0.2) is 11.8 Å². The van der Waals surface area contributed by atoms with E-state index in [0.717, 1.165) is 5.66 Å². The van der Waals surface area contributed by atoms with Gasteiger partial charge in [-0.3, -0.25) is 0 Å². The maximum absolute atomic E-state index is 2.92. The molecular formula is C8H20P2. The molecule has 0 N–H and O–H groups in total. The van der Waals surface area contributed by atoms with Gasteiger partial charge in [0.15, 0.2) is 0 Å². The predicted octanol–water partition coefficient (Wildman–Crippen LogP) is 2.93. The second-order valence-electron chi connectivity index (χ2n) is 3.06. The Morgan fingerprint density at radius 1 is 1.30 bits per heavy atom. The molecule has 0 aliphatic rings. The topological polar surface area (TPSA) is 0 Å². The molecule has 0 aromatic carbocycles. The van der Waals surface area contributed by atoms with E-state index in [-0.39, 0.29) is 0 Å². The summed E-state index contributed by atoms with van der Waals surface area (Å²) in [6, 6.07) is 0. The molecule has 0 rings (SSSR count). The summed E-state index contributed by atoms with van der Waals surface area (Å²) in [4.78, 5) is 0. The lowest BCUT2D eigenvalue weighted by Crippen LogP contribution is -2.29. The fourth-order valence-electron chi connectivity index (χ4n) is 1.37. The molecule has 10 heavy (non-hydrogen) atoms. The lowest BCUT2D eigenvalue weighted by molar-refractivity contribution is 0.304. The van der Waals surface area contributed by atoms with Crippen LogP contribution >= 0.6 is 18.5 Å². The fourth-order valence-corrected chi connectivity index (χ4v) is 3.20. The molecule has 2 heteroatoms. The van der Waals surface area contributed by atoms with E-state index in [1.54, 1.807) is 0 Å². The summed E-state index contributed by atoms with van der Waals surface area (Å²) >= 11 is 0. The SMILES string of the molecule is CCC(CC)(CP)C(C)P. The van der Waals surface area contributed by atoms with Gasteiger partial charge in [0.25, 0.3) is 0 Å². The van der Waals surface area contributed by atoms with Crippen molar-refractivity contribution in [1.29, 1.82) is 0 Å². The minimum absolute atomic E-state index is 0.551. The zero-order valence-electron chi connectivity index (χ0n) is 7.35. The Kier molecular flexibility index (Phi) is 5.08. The van der Waals surface area contributed by atoms with Gasteiger partial charge in [0.1, 0.15) is 0 Å². The van der Waals surface area contributed by atoms with Gasteiger partial charge in [-0.1, -0.05) is 20.8 Å². The third-order valence-corrected chi connectivity index (χ3v) is 4.30. The van der Waals surface area contributed by atoms with Crippen LogP contribution in [0.1, 0.15) is 33.6 Å². The third kappa shape index (κ3) is 2.18. The Morgan fingerprint density at radius 3 is 1.70 bits per heavy atom. The van der Waals surface area contributed by atoms with Crippen molar-refractivity contribution in [3.8, 4) is 0 Å². The summed E-state index contributed by atoms with van der Waals surface area (Å²) in [6.45, 7) is 6.87. The van der Waals surface area contributed by atoms with E-state index in [1.807, 2.05) is 0 Å². The van der Waals surface area contributed by atoms with Gasteiger partial charge in [-0.15, -0.1) is 18.5 Å². The monoisotopic (exact) mass is 178 g/mol. The quantitative estimate of drug-likeness (QED) is 0.580. The molecule has 0 fully saturated rings. The molecule has 0 saturated heterocycles. The van der Waals surface area contributed by atoms with E-state index in [1.165, 1.54) is 19.0 Å². The van der Waals surface area contributed by atoms with Crippen molar-refractivity contribution in [3.63, 3.8) is 0 Å². The number of hydrogen-bond donors (Lipinski definition) is 0. The maximum Gasteiger partial charge on any atom is -0.0208 e. The number of rotatable bonds is 4. The Hall–Kier alpha value is 0.860. The Morgan fingerprint density at radius 2 is 1.70 bits per heavy atom. The van der Waals surface area contributed by atoms with E-state index < -0.39 is 0 Å². The largest absolute Gasteiger partial charge is 0.137 e.